The number of benzene rings is 1. The maximum absolute atomic E-state index is 12.4. The molecule has 5 heteroatoms. The van der Waals surface area contributed by atoms with Crippen LogP contribution in [-0.4, -0.2) is 30.7 Å². The van der Waals surface area contributed by atoms with Gasteiger partial charge in [-0.2, -0.15) is 0 Å². The van der Waals surface area contributed by atoms with Gasteiger partial charge in [0.1, 0.15) is 6.61 Å². The number of nitrogens with two attached hydrogens (primary N) is 1. The Kier molecular flexibility index (Phi) is 4.73. The van der Waals surface area contributed by atoms with Gasteiger partial charge >= 0.3 is 0 Å². The molecule has 0 saturated carbocycles. The Bertz CT molecular complexity index is 504. The number of amides is 1. The number of nitrogens with one attached hydrogen (secondary N) is 1. The highest BCUT2D eigenvalue weighted by molar-refractivity contribution is 5.82. The van der Waals surface area contributed by atoms with E-state index in [-0.39, 0.29) is 12.5 Å². The summed E-state index contributed by atoms with van der Waals surface area (Å²) in [6.45, 7) is 6.78. The van der Waals surface area contributed by atoms with Crippen molar-refractivity contribution in [2.45, 2.75) is 38.8 Å². The Balaban J connectivity index is 2.01. The van der Waals surface area contributed by atoms with Gasteiger partial charge in [-0.15, -0.1) is 0 Å². The molecule has 5 nitrogen and oxygen atoms in total. The van der Waals surface area contributed by atoms with Gasteiger partial charge in [0.15, 0.2) is 11.5 Å². The van der Waals surface area contributed by atoms with Crippen LogP contribution in [-0.2, 0) is 4.79 Å². The van der Waals surface area contributed by atoms with Crippen molar-refractivity contribution >= 4 is 5.91 Å². The van der Waals surface area contributed by atoms with E-state index in [1.165, 1.54) is 0 Å². The van der Waals surface area contributed by atoms with Gasteiger partial charge in [-0.05, 0) is 31.4 Å². The molecule has 0 aliphatic carbocycles. The summed E-state index contributed by atoms with van der Waals surface area (Å²) in [4.78, 5) is 12.4. The molecule has 1 aromatic carbocycles. The molecule has 0 spiro atoms. The molecule has 2 rings (SSSR count). The molecule has 0 fully saturated rings. The summed E-state index contributed by atoms with van der Waals surface area (Å²) in [7, 11) is 0. The molecule has 0 aromatic heterocycles. The second kappa shape index (κ2) is 6.35. The highest BCUT2D eigenvalue weighted by Crippen LogP contribution is 2.31. The van der Waals surface area contributed by atoms with E-state index >= 15 is 0 Å². The van der Waals surface area contributed by atoms with Crippen LogP contribution in [0.2, 0.25) is 0 Å². The van der Waals surface area contributed by atoms with E-state index < -0.39 is 11.6 Å². The quantitative estimate of drug-likeness (QED) is 0.866. The Morgan fingerprint density at radius 2 is 2.10 bits per heavy atom. The number of carbonyl (C=O) groups is 1. The lowest BCUT2D eigenvalue weighted by atomic mass is 9.90. The molecule has 2 unspecified atom stereocenters. The molecular weight excluding hydrogens is 268 g/mol. The Morgan fingerprint density at radius 1 is 1.43 bits per heavy atom. The second-order valence-electron chi connectivity index (χ2n) is 6.22. The van der Waals surface area contributed by atoms with Gasteiger partial charge in [-0.3, -0.25) is 4.79 Å². The van der Waals surface area contributed by atoms with Crippen molar-refractivity contribution in [2.24, 2.45) is 11.7 Å². The average Bonchev–Trinajstić information content (AvgIpc) is 2.45. The second-order valence-corrected chi connectivity index (χ2v) is 6.22. The lowest BCUT2D eigenvalue weighted by molar-refractivity contribution is -0.132. The fourth-order valence-corrected chi connectivity index (χ4v) is 2.61. The van der Waals surface area contributed by atoms with Gasteiger partial charge in [-0.25, -0.2) is 0 Å². The molecule has 1 amide bonds. The van der Waals surface area contributed by atoms with Crippen molar-refractivity contribution in [2.75, 3.05) is 13.2 Å². The van der Waals surface area contributed by atoms with Gasteiger partial charge < -0.3 is 20.5 Å². The highest BCUT2D eigenvalue weighted by Gasteiger charge is 2.33. The van der Waals surface area contributed by atoms with Gasteiger partial charge in [0.2, 0.25) is 6.10 Å². The minimum atomic E-state index is -0.641. The first-order valence-corrected chi connectivity index (χ1v) is 7.34. The van der Waals surface area contributed by atoms with Crippen molar-refractivity contribution in [3.8, 4) is 11.5 Å². The Morgan fingerprint density at radius 3 is 2.71 bits per heavy atom. The van der Waals surface area contributed by atoms with Crippen molar-refractivity contribution < 1.29 is 14.3 Å². The lowest BCUT2D eigenvalue weighted by Crippen LogP contribution is -2.57. The van der Waals surface area contributed by atoms with Crippen molar-refractivity contribution in [3.63, 3.8) is 0 Å². The third kappa shape index (κ3) is 3.88. The van der Waals surface area contributed by atoms with Crippen LogP contribution in [0.1, 0.15) is 27.2 Å². The summed E-state index contributed by atoms with van der Waals surface area (Å²) < 4.78 is 11.3. The van der Waals surface area contributed by atoms with E-state index in [0.717, 1.165) is 6.42 Å². The first kappa shape index (κ1) is 15.6. The molecule has 0 saturated heterocycles. The van der Waals surface area contributed by atoms with Crippen LogP contribution in [0.5, 0.6) is 11.5 Å². The molecule has 116 valence electrons. The number of para-hydroxylation sites is 2. The average molecular weight is 292 g/mol. The van der Waals surface area contributed by atoms with Crippen molar-refractivity contribution in [1.29, 1.82) is 0 Å². The molecule has 1 aromatic rings. The molecule has 1 aliphatic rings. The normalized spacial score (nSPS) is 20.0. The smallest absolute Gasteiger partial charge is 0.265 e. The molecule has 1 heterocycles. The number of hydrogen-bond donors (Lipinski definition) is 2. The maximum Gasteiger partial charge on any atom is 0.265 e. The van der Waals surface area contributed by atoms with E-state index in [1.54, 1.807) is 6.07 Å². The van der Waals surface area contributed by atoms with Crippen LogP contribution < -0.4 is 20.5 Å². The standard InChI is InChI=1S/C16H24N2O3/c1-11(2)8-16(3,10-17)18-15(19)14-9-20-12-6-4-5-7-13(12)21-14/h4-7,11,14H,8-10,17H2,1-3H3,(H,18,19). The number of carbonyl (C=O) groups excluding carboxylic acids is 1. The number of ether oxygens (including phenoxy) is 2. The van der Waals surface area contributed by atoms with Gasteiger partial charge in [0, 0.05) is 12.1 Å². The minimum absolute atomic E-state index is 0.182. The molecule has 0 bridgehead atoms. The van der Waals surface area contributed by atoms with E-state index in [0.29, 0.717) is 24.0 Å². The molecule has 0 radical (unpaired) electrons. The summed E-state index contributed by atoms with van der Waals surface area (Å²) in [5.41, 5.74) is 5.40. The largest absolute Gasteiger partial charge is 0.485 e. The van der Waals surface area contributed by atoms with Gasteiger partial charge in [0.05, 0.1) is 0 Å². The lowest BCUT2D eigenvalue weighted by Gasteiger charge is -2.34. The monoisotopic (exact) mass is 292 g/mol. The van der Waals surface area contributed by atoms with E-state index in [1.807, 2.05) is 25.1 Å². The van der Waals surface area contributed by atoms with Crippen LogP contribution in [0.15, 0.2) is 24.3 Å². The molecule has 21 heavy (non-hydrogen) atoms. The maximum atomic E-state index is 12.4. The highest BCUT2D eigenvalue weighted by atomic mass is 16.6. The minimum Gasteiger partial charge on any atom is -0.485 e. The van der Waals surface area contributed by atoms with Crippen LogP contribution >= 0.6 is 0 Å². The Labute approximate surface area is 125 Å². The van der Waals surface area contributed by atoms with Gasteiger partial charge in [0.25, 0.3) is 5.91 Å². The first-order valence-electron chi connectivity index (χ1n) is 7.34. The van der Waals surface area contributed by atoms with Crippen molar-refractivity contribution in [1.82, 2.24) is 5.32 Å². The molecule has 1 aliphatic heterocycles. The van der Waals surface area contributed by atoms with E-state index in [9.17, 15) is 4.79 Å². The van der Waals surface area contributed by atoms with Crippen LogP contribution in [0.25, 0.3) is 0 Å². The summed E-state index contributed by atoms with van der Waals surface area (Å²) in [6.07, 6.45) is 0.178. The zero-order valence-corrected chi connectivity index (χ0v) is 12.9. The zero-order valence-electron chi connectivity index (χ0n) is 12.9. The fourth-order valence-electron chi connectivity index (χ4n) is 2.61. The van der Waals surface area contributed by atoms with Crippen molar-refractivity contribution in [3.05, 3.63) is 24.3 Å². The Hall–Kier alpha value is -1.75. The summed E-state index contributed by atoms with van der Waals surface area (Å²) in [5.74, 6) is 1.54. The van der Waals surface area contributed by atoms with Crippen LogP contribution in [0.4, 0.5) is 0 Å². The van der Waals surface area contributed by atoms with E-state index in [2.05, 4.69) is 19.2 Å². The summed E-state index contributed by atoms with van der Waals surface area (Å²) >= 11 is 0. The predicted molar refractivity (Wildman–Crippen MR) is 81.4 cm³/mol. The SMILES string of the molecule is CC(C)CC(C)(CN)NC(=O)C1COc2ccccc2O1. The third-order valence-electron chi connectivity index (χ3n) is 3.54. The zero-order chi connectivity index (χ0) is 15.5. The first-order chi connectivity index (χ1) is 9.93. The predicted octanol–water partition coefficient (Wildman–Crippen LogP) is 1.71. The number of hydrogen-bond acceptors (Lipinski definition) is 4. The molecule has 3 N–H and O–H groups in total. The van der Waals surface area contributed by atoms with Crippen LogP contribution in [0, 0.1) is 5.92 Å². The summed E-state index contributed by atoms with van der Waals surface area (Å²) in [6, 6.07) is 7.35. The van der Waals surface area contributed by atoms with E-state index in [4.69, 9.17) is 15.2 Å². The van der Waals surface area contributed by atoms with Crippen LogP contribution in [0.3, 0.4) is 0 Å². The molecule has 2 atom stereocenters. The summed E-state index contributed by atoms with van der Waals surface area (Å²) in [5, 5.41) is 3.01. The number of fused-ring (bicyclic) bond motifs is 1. The topological polar surface area (TPSA) is 73.6 Å². The van der Waals surface area contributed by atoms with Gasteiger partial charge in [-0.1, -0.05) is 26.0 Å². The third-order valence-corrected chi connectivity index (χ3v) is 3.54. The molecular formula is C16H24N2O3. The number of rotatable bonds is 5. The fraction of sp³-hybridized carbons (Fsp3) is 0.562.